The van der Waals surface area contributed by atoms with Crippen LogP contribution in [0.2, 0.25) is 0 Å². The number of nitrogens with two attached hydrogens (primary N) is 1. The van der Waals surface area contributed by atoms with E-state index in [9.17, 15) is 4.39 Å². The maximum atomic E-state index is 13.4. The lowest BCUT2D eigenvalue weighted by Gasteiger charge is -2.06. The first-order valence-corrected chi connectivity index (χ1v) is 6.08. The maximum absolute atomic E-state index is 13.4. The van der Waals surface area contributed by atoms with Crippen LogP contribution in [0.3, 0.4) is 0 Å². The number of hydrogen-bond donors (Lipinski definition) is 1. The molecule has 1 aliphatic rings. The quantitative estimate of drug-likeness (QED) is 0.891. The van der Waals surface area contributed by atoms with Crippen molar-refractivity contribution in [3.8, 4) is 11.4 Å². The SMILES string of the molecule is Cc1cc(F)cc(-c2noc(C3COCC3N)n2)c1. The van der Waals surface area contributed by atoms with Crippen LogP contribution in [0.1, 0.15) is 17.4 Å². The van der Waals surface area contributed by atoms with Crippen LogP contribution in [0.4, 0.5) is 4.39 Å². The first-order valence-electron chi connectivity index (χ1n) is 6.08. The first-order chi connectivity index (χ1) is 9.13. The molecule has 0 bridgehead atoms. The zero-order valence-corrected chi connectivity index (χ0v) is 10.5. The molecule has 1 fully saturated rings. The van der Waals surface area contributed by atoms with Crippen molar-refractivity contribution in [1.29, 1.82) is 0 Å². The Morgan fingerprint density at radius 3 is 2.84 bits per heavy atom. The van der Waals surface area contributed by atoms with Crippen molar-refractivity contribution < 1.29 is 13.7 Å². The van der Waals surface area contributed by atoms with E-state index in [-0.39, 0.29) is 17.8 Å². The second-order valence-corrected chi connectivity index (χ2v) is 4.78. The molecule has 0 amide bonds. The second-order valence-electron chi connectivity index (χ2n) is 4.78. The molecule has 0 radical (unpaired) electrons. The van der Waals surface area contributed by atoms with Gasteiger partial charge in [0.25, 0.3) is 0 Å². The van der Waals surface area contributed by atoms with Gasteiger partial charge in [-0.25, -0.2) is 4.39 Å². The summed E-state index contributed by atoms with van der Waals surface area (Å²) in [5.41, 5.74) is 7.30. The molecule has 1 saturated heterocycles. The van der Waals surface area contributed by atoms with E-state index >= 15 is 0 Å². The predicted octanol–water partition coefficient (Wildman–Crippen LogP) is 1.63. The number of aryl methyl sites for hydroxylation is 1. The van der Waals surface area contributed by atoms with Crippen LogP contribution in [0.15, 0.2) is 22.7 Å². The third-order valence-corrected chi connectivity index (χ3v) is 3.18. The fourth-order valence-corrected chi connectivity index (χ4v) is 2.19. The Kier molecular flexibility index (Phi) is 3.04. The molecule has 3 rings (SSSR count). The highest BCUT2D eigenvalue weighted by molar-refractivity contribution is 5.55. The summed E-state index contributed by atoms with van der Waals surface area (Å²) in [5.74, 6) is 0.414. The fraction of sp³-hybridized carbons (Fsp3) is 0.385. The smallest absolute Gasteiger partial charge is 0.234 e. The van der Waals surface area contributed by atoms with Crippen LogP contribution in [-0.4, -0.2) is 29.4 Å². The van der Waals surface area contributed by atoms with E-state index in [2.05, 4.69) is 10.1 Å². The van der Waals surface area contributed by atoms with Crippen LogP contribution < -0.4 is 5.73 Å². The molecule has 1 aromatic carbocycles. The minimum atomic E-state index is -0.317. The van der Waals surface area contributed by atoms with E-state index in [0.717, 1.165) is 5.56 Å². The molecule has 5 nitrogen and oxygen atoms in total. The van der Waals surface area contributed by atoms with E-state index in [1.807, 2.05) is 13.0 Å². The molecule has 1 aromatic heterocycles. The minimum absolute atomic E-state index is 0.0871. The molecule has 2 atom stereocenters. The number of hydrogen-bond acceptors (Lipinski definition) is 5. The maximum Gasteiger partial charge on any atom is 0.234 e. The van der Waals surface area contributed by atoms with E-state index in [4.69, 9.17) is 15.0 Å². The molecule has 0 saturated carbocycles. The van der Waals surface area contributed by atoms with Gasteiger partial charge in [-0.3, -0.25) is 0 Å². The summed E-state index contributed by atoms with van der Waals surface area (Å²) in [5, 5.41) is 3.88. The average molecular weight is 263 g/mol. The Hall–Kier alpha value is -1.79. The summed E-state index contributed by atoms with van der Waals surface area (Å²) in [7, 11) is 0. The zero-order chi connectivity index (χ0) is 13.4. The number of ether oxygens (including phenoxy) is 1. The molecule has 2 N–H and O–H groups in total. The largest absolute Gasteiger partial charge is 0.379 e. The Bertz CT molecular complexity index is 579. The first kappa shape index (κ1) is 12.3. The molecule has 2 heterocycles. The average Bonchev–Trinajstić information content (AvgIpc) is 2.95. The summed E-state index contributed by atoms with van der Waals surface area (Å²) in [6.45, 7) is 2.78. The van der Waals surface area contributed by atoms with Crippen molar-refractivity contribution >= 4 is 0 Å². The number of benzene rings is 1. The normalized spacial score (nSPS) is 22.9. The van der Waals surface area contributed by atoms with Gasteiger partial charge >= 0.3 is 0 Å². The standard InChI is InChI=1S/C13H14FN3O2/c1-7-2-8(4-9(14)3-7)12-16-13(19-17-12)10-5-18-6-11(10)15/h2-4,10-11H,5-6,15H2,1H3. The van der Waals surface area contributed by atoms with E-state index < -0.39 is 0 Å². The molecule has 6 heteroatoms. The molecule has 1 aliphatic heterocycles. The van der Waals surface area contributed by atoms with Crippen LogP contribution in [-0.2, 0) is 4.74 Å². The van der Waals surface area contributed by atoms with Gasteiger partial charge in [-0.05, 0) is 30.7 Å². The molecular formula is C13H14FN3O2. The van der Waals surface area contributed by atoms with Crippen molar-refractivity contribution in [3.05, 3.63) is 35.5 Å². The van der Waals surface area contributed by atoms with Gasteiger partial charge in [0.1, 0.15) is 5.82 Å². The lowest BCUT2D eigenvalue weighted by atomic mass is 10.1. The van der Waals surface area contributed by atoms with Crippen molar-refractivity contribution in [2.75, 3.05) is 13.2 Å². The fourth-order valence-electron chi connectivity index (χ4n) is 2.19. The number of aromatic nitrogens is 2. The van der Waals surface area contributed by atoms with Gasteiger partial charge in [0.15, 0.2) is 0 Å². The summed E-state index contributed by atoms with van der Waals surface area (Å²) in [6, 6.07) is 4.50. The Labute approximate surface area is 109 Å². The van der Waals surface area contributed by atoms with Gasteiger partial charge in [0.05, 0.1) is 19.1 Å². The van der Waals surface area contributed by atoms with Crippen LogP contribution in [0, 0.1) is 12.7 Å². The molecule has 0 spiro atoms. The van der Waals surface area contributed by atoms with Gasteiger partial charge in [0, 0.05) is 11.6 Å². The second kappa shape index (κ2) is 4.71. The van der Waals surface area contributed by atoms with Gasteiger partial charge in [-0.1, -0.05) is 5.16 Å². The third kappa shape index (κ3) is 2.36. The Morgan fingerprint density at radius 2 is 2.16 bits per heavy atom. The number of nitrogens with zero attached hydrogens (tertiary/aromatic N) is 2. The van der Waals surface area contributed by atoms with Crippen LogP contribution >= 0.6 is 0 Å². The van der Waals surface area contributed by atoms with Crippen molar-refractivity contribution in [2.45, 2.75) is 18.9 Å². The van der Waals surface area contributed by atoms with E-state index in [0.29, 0.717) is 30.5 Å². The van der Waals surface area contributed by atoms with Crippen LogP contribution in [0.25, 0.3) is 11.4 Å². The van der Waals surface area contributed by atoms with Crippen molar-refractivity contribution in [1.82, 2.24) is 10.1 Å². The highest BCUT2D eigenvalue weighted by Crippen LogP contribution is 2.26. The number of halogens is 1. The molecule has 2 unspecified atom stereocenters. The van der Waals surface area contributed by atoms with Gasteiger partial charge < -0.3 is 15.0 Å². The summed E-state index contributed by atoms with van der Waals surface area (Å²) in [6.07, 6.45) is 0. The van der Waals surface area contributed by atoms with Gasteiger partial charge in [-0.2, -0.15) is 4.98 Å². The monoisotopic (exact) mass is 263 g/mol. The van der Waals surface area contributed by atoms with E-state index in [1.54, 1.807) is 0 Å². The van der Waals surface area contributed by atoms with Crippen molar-refractivity contribution in [3.63, 3.8) is 0 Å². The summed E-state index contributed by atoms with van der Waals surface area (Å²) < 4.78 is 23.8. The van der Waals surface area contributed by atoms with Crippen LogP contribution in [0.5, 0.6) is 0 Å². The third-order valence-electron chi connectivity index (χ3n) is 3.18. The highest BCUT2D eigenvalue weighted by atomic mass is 19.1. The highest BCUT2D eigenvalue weighted by Gasteiger charge is 2.31. The summed E-state index contributed by atoms with van der Waals surface area (Å²) >= 11 is 0. The molecule has 100 valence electrons. The lowest BCUT2D eigenvalue weighted by Crippen LogP contribution is -2.26. The molecule has 0 aliphatic carbocycles. The number of rotatable bonds is 2. The minimum Gasteiger partial charge on any atom is -0.379 e. The van der Waals surface area contributed by atoms with Gasteiger partial charge in [0.2, 0.25) is 11.7 Å². The topological polar surface area (TPSA) is 74.2 Å². The van der Waals surface area contributed by atoms with E-state index in [1.165, 1.54) is 12.1 Å². The zero-order valence-electron chi connectivity index (χ0n) is 10.5. The van der Waals surface area contributed by atoms with Crippen molar-refractivity contribution in [2.24, 2.45) is 5.73 Å². The Morgan fingerprint density at radius 1 is 1.32 bits per heavy atom. The van der Waals surface area contributed by atoms with Gasteiger partial charge in [-0.15, -0.1) is 0 Å². The lowest BCUT2D eigenvalue weighted by molar-refractivity contribution is 0.187. The molecule has 2 aromatic rings. The molecule has 19 heavy (non-hydrogen) atoms. The predicted molar refractivity (Wildman–Crippen MR) is 66.0 cm³/mol. The Balaban J connectivity index is 1.92. The summed E-state index contributed by atoms with van der Waals surface area (Å²) in [4.78, 5) is 4.29. The molecular weight excluding hydrogens is 249 g/mol.